The first-order chi connectivity index (χ1) is 16.8. The third kappa shape index (κ3) is 3.96. The highest BCUT2D eigenvalue weighted by molar-refractivity contribution is 5.95. The molecular formula is C25H28N8O. The van der Waals surface area contributed by atoms with E-state index in [0.717, 1.165) is 42.9 Å². The van der Waals surface area contributed by atoms with Gasteiger partial charge < -0.3 is 10.2 Å². The van der Waals surface area contributed by atoms with Crippen LogP contribution in [0.4, 0.5) is 11.5 Å². The molecular weight excluding hydrogens is 428 g/mol. The largest absolute Gasteiger partial charge is 0.337 e. The maximum Gasteiger partial charge on any atom is 0.254 e. The molecule has 9 heteroatoms. The van der Waals surface area contributed by atoms with Crippen molar-refractivity contribution in [1.29, 1.82) is 0 Å². The number of nitrogens with zero attached hydrogens (tertiary/aromatic N) is 7. The number of rotatable bonds is 4. The van der Waals surface area contributed by atoms with E-state index in [-0.39, 0.29) is 5.91 Å². The zero-order valence-corrected chi connectivity index (χ0v) is 19.1. The lowest BCUT2D eigenvalue weighted by atomic mass is 9.94. The van der Waals surface area contributed by atoms with Crippen LogP contribution in [0.15, 0.2) is 48.5 Å². The van der Waals surface area contributed by atoms with Crippen molar-refractivity contribution in [3.05, 3.63) is 54.1 Å². The monoisotopic (exact) mass is 456 g/mol. The summed E-state index contributed by atoms with van der Waals surface area (Å²) < 4.78 is 1.67. The summed E-state index contributed by atoms with van der Waals surface area (Å²) in [5.74, 6) is 0.627. The Morgan fingerprint density at radius 1 is 0.941 bits per heavy atom. The smallest absolute Gasteiger partial charge is 0.254 e. The summed E-state index contributed by atoms with van der Waals surface area (Å²) in [6.07, 6.45) is 6.66. The second-order valence-corrected chi connectivity index (χ2v) is 9.19. The van der Waals surface area contributed by atoms with Crippen LogP contribution < -0.4 is 5.32 Å². The van der Waals surface area contributed by atoms with Crippen LogP contribution in [0.1, 0.15) is 42.5 Å². The molecule has 0 spiro atoms. The van der Waals surface area contributed by atoms with Crippen LogP contribution in [-0.2, 0) is 0 Å². The predicted octanol–water partition coefficient (Wildman–Crippen LogP) is 3.51. The van der Waals surface area contributed by atoms with Crippen molar-refractivity contribution in [2.75, 3.05) is 31.5 Å². The maximum atomic E-state index is 13.3. The van der Waals surface area contributed by atoms with Crippen LogP contribution in [0.3, 0.4) is 0 Å². The number of hydrogen-bond acceptors (Lipinski definition) is 7. The molecule has 4 aromatic rings. The molecule has 3 heterocycles. The number of amides is 1. The third-order valence-corrected chi connectivity index (χ3v) is 7.09. The summed E-state index contributed by atoms with van der Waals surface area (Å²) in [5.41, 5.74) is 3.61. The normalized spacial score (nSPS) is 17.9. The Labute approximate surface area is 197 Å². The molecule has 2 aromatic carbocycles. The first-order valence-corrected chi connectivity index (χ1v) is 12.1. The molecule has 1 N–H and O–H groups in total. The van der Waals surface area contributed by atoms with E-state index in [1.54, 1.807) is 4.52 Å². The van der Waals surface area contributed by atoms with E-state index >= 15 is 0 Å². The number of para-hydroxylation sites is 2. The average Bonchev–Trinajstić information content (AvgIpc) is 3.40. The molecule has 2 fully saturated rings. The summed E-state index contributed by atoms with van der Waals surface area (Å²) in [7, 11) is 0. The van der Waals surface area contributed by atoms with E-state index in [4.69, 9.17) is 4.98 Å². The predicted molar refractivity (Wildman–Crippen MR) is 130 cm³/mol. The van der Waals surface area contributed by atoms with Crippen LogP contribution in [0.5, 0.6) is 0 Å². The van der Waals surface area contributed by atoms with Gasteiger partial charge in [0.2, 0.25) is 5.65 Å². The lowest BCUT2D eigenvalue weighted by Crippen LogP contribution is -2.52. The zero-order chi connectivity index (χ0) is 22.9. The van der Waals surface area contributed by atoms with E-state index in [0.29, 0.717) is 23.1 Å². The van der Waals surface area contributed by atoms with Crippen LogP contribution >= 0.6 is 0 Å². The van der Waals surface area contributed by atoms with Gasteiger partial charge in [-0.15, -0.1) is 5.10 Å². The highest BCUT2D eigenvalue weighted by Gasteiger charge is 2.27. The minimum atomic E-state index is 0.0766. The molecule has 1 aliphatic carbocycles. The van der Waals surface area contributed by atoms with Crippen molar-refractivity contribution < 1.29 is 4.79 Å². The van der Waals surface area contributed by atoms with Crippen molar-refractivity contribution in [2.24, 2.45) is 0 Å². The fraction of sp³-hybridized carbons (Fsp3) is 0.400. The molecule has 1 saturated carbocycles. The minimum absolute atomic E-state index is 0.0766. The number of tetrazole rings is 1. The standard InChI is InChI=1S/C25H28N8O/c34-25(32-15-13-31(14-16-32)20-9-2-1-3-10-20)18-7-6-8-19(17-18)26-23-24-28-29-30-33(24)22-12-5-4-11-21(22)27-23/h4-8,11-12,17,20H,1-3,9-10,13-16H2,(H,26,27). The molecule has 0 atom stereocenters. The van der Waals surface area contributed by atoms with Crippen LogP contribution in [-0.4, -0.2) is 73.0 Å². The summed E-state index contributed by atoms with van der Waals surface area (Å²) >= 11 is 0. The summed E-state index contributed by atoms with van der Waals surface area (Å²) in [4.78, 5) is 22.5. The van der Waals surface area contributed by atoms with Gasteiger partial charge in [0.1, 0.15) is 0 Å². The zero-order valence-electron chi connectivity index (χ0n) is 19.1. The first kappa shape index (κ1) is 21.0. The highest BCUT2D eigenvalue weighted by atomic mass is 16.2. The molecule has 0 unspecified atom stereocenters. The van der Waals surface area contributed by atoms with Gasteiger partial charge in [0.05, 0.1) is 11.0 Å². The average molecular weight is 457 g/mol. The molecule has 2 aliphatic rings. The maximum absolute atomic E-state index is 13.3. The fourth-order valence-electron chi connectivity index (χ4n) is 5.27. The van der Waals surface area contributed by atoms with Gasteiger partial charge in [0.15, 0.2) is 5.82 Å². The Balaban J connectivity index is 1.19. The molecule has 174 valence electrons. The summed E-state index contributed by atoms with van der Waals surface area (Å²) in [6, 6.07) is 16.0. The van der Waals surface area contributed by atoms with Gasteiger partial charge in [0.25, 0.3) is 5.91 Å². The van der Waals surface area contributed by atoms with Crippen molar-refractivity contribution in [1.82, 2.24) is 34.8 Å². The molecule has 0 bridgehead atoms. The van der Waals surface area contributed by atoms with Gasteiger partial charge >= 0.3 is 0 Å². The van der Waals surface area contributed by atoms with E-state index in [1.807, 2.05) is 53.4 Å². The molecule has 1 saturated heterocycles. The van der Waals surface area contributed by atoms with E-state index < -0.39 is 0 Å². The number of hydrogen-bond donors (Lipinski definition) is 1. The molecule has 1 aliphatic heterocycles. The number of carbonyl (C=O) groups is 1. The quantitative estimate of drug-likeness (QED) is 0.502. The van der Waals surface area contributed by atoms with Gasteiger partial charge in [0, 0.05) is 43.5 Å². The molecule has 1 amide bonds. The Kier molecular flexibility index (Phi) is 5.54. The highest BCUT2D eigenvalue weighted by Crippen LogP contribution is 2.25. The van der Waals surface area contributed by atoms with Crippen molar-refractivity contribution in [3.8, 4) is 0 Å². The van der Waals surface area contributed by atoms with Crippen molar-refractivity contribution >= 4 is 34.1 Å². The van der Waals surface area contributed by atoms with Gasteiger partial charge in [-0.05, 0) is 53.6 Å². The number of nitrogens with one attached hydrogen (secondary N) is 1. The molecule has 9 nitrogen and oxygen atoms in total. The van der Waals surface area contributed by atoms with Gasteiger partial charge in [-0.2, -0.15) is 4.52 Å². The van der Waals surface area contributed by atoms with Crippen LogP contribution in [0.25, 0.3) is 16.7 Å². The minimum Gasteiger partial charge on any atom is -0.337 e. The number of benzene rings is 2. The Bertz CT molecular complexity index is 1320. The van der Waals surface area contributed by atoms with Crippen LogP contribution in [0.2, 0.25) is 0 Å². The van der Waals surface area contributed by atoms with Gasteiger partial charge in [-0.1, -0.05) is 37.5 Å². The molecule has 0 radical (unpaired) electrons. The summed E-state index contributed by atoms with van der Waals surface area (Å²) in [6.45, 7) is 3.50. The molecule has 2 aromatic heterocycles. The summed E-state index contributed by atoms with van der Waals surface area (Å²) in [5, 5.41) is 15.4. The van der Waals surface area contributed by atoms with E-state index in [1.165, 1.54) is 32.1 Å². The second kappa shape index (κ2) is 8.98. The molecule has 6 rings (SSSR count). The number of carbonyl (C=O) groups excluding carboxylic acids is 1. The topological polar surface area (TPSA) is 91.5 Å². The van der Waals surface area contributed by atoms with Gasteiger partial charge in [-0.25, -0.2) is 4.98 Å². The number of anilines is 2. The Morgan fingerprint density at radius 3 is 2.62 bits per heavy atom. The van der Waals surface area contributed by atoms with E-state index in [9.17, 15) is 4.79 Å². The lowest BCUT2D eigenvalue weighted by Gasteiger charge is -2.40. The SMILES string of the molecule is O=C(c1cccc(Nc2nc3ccccc3n3nnnc23)c1)N1CCN(C2CCCCC2)CC1. The van der Waals surface area contributed by atoms with E-state index in [2.05, 4.69) is 25.7 Å². The Hall–Kier alpha value is -3.59. The third-order valence-electron chi connectivity index (χ3n) is 7.09. The lowest BCUT2D eigenvalue weighted by molar-refractivity contribution is 0.0523. The number of aromatic nitrogens is 5. The Morgan fingerprint density at radius 2 is 1.76 bits per heavy atom. The molecule has 34 heavy (non-hydrogen) atoms. The van der Waals surface area contributed by atoms with Crippen LogP contribution in [0, 0.1) is 0 Å². The number of piperazine rings is 1. The van der Waals surface area contributed by atoms with Gasteiger partial charge in [-0.3, -0.25) is 9.69 Å². The second-order valence-electron chi connectivity index (χ2n) is 9.19. The van der Waals surface area contributed by atoms with Crippen molar-refractivity contribution in [2.45, 2.75) is 38.1 Å². The van der Waals surface area contributed by atoms with Crippen molar-refractivity contribution in [3.63, 3.8) is 0 Å². The first-order valence-electron chi connectivity index (χ1n) is 12.1. The number of fused-ring (bicyclic) bond motifs is 3. The fourth-order valence-corrected chi connectivity index (χ4v) is 5.27.